The van der Waals surface area contributed by atoms with Crippen molar-refractivity contribution in [3.63, 3.8) is 0 Å². The largest absolute Gasteiger partial charge is 0.383 e. The van der Waals surface area contributed by atoms with Crippen molar-refractivity contribution in [3.05, 3.63) is 20.8 Å². The molecule has 3 N–H and O–H groups in total. The maximum atomic E-state index is 12.1. The molecule has 0 radical (unpaired) electrons. The van der Waals surface area contributed by atoms with E-state index in [0.717, 1.165) is 11.0 Å². The molecular formula is C13H20N4O2. The molecule has 1 aromatic rings. The highest BCUT2D eigenvalue weighted by atomic mass is 16.2. The van der Waals surface area contributed by atoms with Crippen LogP contribution in [-0.4, -0.2) is 15.2 Å². The van der Waals surface area contributed by atoms with Gasteiger partial charge in [-0.15, -0.1) is 6.42 Å². The highest BCUT2D eigenvalue weighted by molar-refractivity contribution is 5.61. The SMILES string of the molecule is C#CC(CC)Nc1c(N)n(CCC)c(=O)n(C)c1=O. The lowest BCUT2D eigenvalue weighted by molar-refractivity contribution is 0.599. The maximum absolute atomic E-state index is 12.1. The third kappa shape index (κ3) is 2.81. The molecule has 1 rings (SSSR count). The van der Waals surface area contributed by atoms with Crippen LogP contribution in [0.4, 0.5) is 11.5 Å². The van der Waals surface area contributed by atoms with E-state index >= 15 is 0 Å². The zero-order valence-electron chi connectivity index (χ0n) is 11.6. The Morgan fingerprint density at radius 3 is 2.53 bits per heavy atom. The van der Waals surface area contributed by atoms with Gasteiger partial charge in [-0.1, -0.05) is 19.8 Å². The third-order valence-corrected chi connectivity index (χ3v) is 2.96. The van der Waals surface area contributed by atoms with Gasteiger partial charge < -0.3 is 11.1 Å². The van der Waals surface area contributed by atoms with Crippen LogP contribution in [0.3, 0.4) is 0 Å². The van der Waals surface area contributed by atoms with E-state index in [1.807, 2.05) is 13.8 Å². The fraction of sp³-hybridized carbons (Fsp3) is 0.538. The van der Waals surface area contributed by atoms with Gasteiger partial charge in [-0.2, -0.15) is 0 Å². The molecule has 0 saturated carbocycles. The summed E-state index contributed by atoms with van der Waals surface area (Å²) in [6, 6.07) is -0.289. The van der Waals surface area contributed by atoms with Crippen molar-refractivity contribution in [2.75, 3.05) is 11.1 Å². The first-order valence-corrected chi connectivity index (χ1v) is 6.29. The van der Waals surface area contributed by atoms with Gasteiger partial charge in [0.25, 0.3) is 5.56 Å². The molecule has 1 heterocycles. The highest BCUT2D eigenvalue weighted by Gasteiger charge is 2.16. The Kier molecular flexibility index (Phi) is 4.81. The topological polar surface area (TPSA) is 82.0 Å². The van der Waals surface area contributed by atoms with Crippen LogP contribution in [0.5, 0.6) is 0 Å². The number of nitrogens with zero attached hydrogens (tertiary/aromatic N) is 2. The van der Waals surface area contributed by atoms with Gasteiger partial charge in [0.15, 0.2) is 0 Å². The van der Waals surface area contributed by atoms with Gasteiger partial charge in [0, 0.05) is 13.6 Å². The van der Waals surface area contributed by atoms with E-state index in [-0.39, 0.29) is 17.5 Å². The minimum Gasteiger partial charge on any atom is -0.383 e. The van der Waals surface area contributed by atoms with Crippen LogP contribution in [-0.2, 0) is 13.6 Å². The Labute approximate surface area is 112 Å². The summed E-state index contributed by atoms with van der Waals surface area (Å²) in [6.07, 6.45) is 6.77. The fourth-order valence-corrected chi connectivity index (χ4v) is 1.79. The standard InChI is InChI=1S/C13H20N4O2/c1-5-8-17-11(14)10(15-9(6-2)7-3)12(18)16(4)13(17)19/h2,9,15H,5,7-8,14H2,1,3-4H3. The van der Waals surface area contributed by atoms with Crippen LogP contribution < -0.4 is 22.3 Å². The predicted octanol–water partition coefficient (Wildman–Crippen LogP) is 0.363. The van der Waals surface area contributed by atoms with E-state index in [9.17, 15) is 9.59 Å². The number of hydrogen-bond donors (Lipinski definition) is 2. The summed E-state index contributed by atoms with van der Waals surface area (Å²) in [5.41, 5.74) is 5.24. The number of nitrogens with one attached hydrogen (secondary N) is 1. The van der Waals surface area contributed by atoms with Crippen molar-refractivity contribution < 1.29 is 0 Å². The molecule has 0 aliphatic carbocycles. The zero-order chi connectivity index (χ0) is 14.6. The van der Waals surface area contributed by atoms with Gasteiger partial charge in [-0.05, 0) is 12.8 Å². The summed E-state index contributed by atoms with van der Waals surface area (Å²) in [5, 5.41) is 2.93. The van der Waals surface area contributed by atoms with Crippen LogP contribution >= 0.6 is 0 Å². The van der Waals surface area contributed by atoms with Crippen LogP contribution in [0.25, 0.3) is 0 Å². The van der Waals surface area contributed by atoms with E-state index < -0.39 is 11.2 Å². The second-order valence-electron chi connectivity index (χ2n) is 4.33. The Morgan fingerprint density at radius 1 is 1.42 bits per heavy atom. The monoisotopic (exact) mass is 264 g/mol. The summed E-state index contributed by atoms with van der Waals surface area (Å²) < 4.78 is 2.42. The molecule has 0 aliphatic rings. The molecule has 0 saturated heterocycles. The predicted molar refractivity (Wildman–Crippen MR) is 77.2 cm³/mol. The van der Waals surface area contributed by atoms with Gasteiger partial charge in [0.1, 0.15) is 11.5 Å². The highest BCUT2D eigenvalue weighted by Crippen LogP contribution is 2.13. The minimum absolute atomic E-state index is 0.142. The number of rotatable bonds is 5. The van der Waals surface area contributed by atoms with Gasteiger partial charge in [-0.25, -0.2) is 4.79 Å². The van der Waals surface area contributed by atoms with Crippen LogP contribution in [0.15, 0.2) is 9.59 Å². The lowest BCUT2D eigenvalue weighted by Gasteiger charge is -2.18. The molecule has 1 unspecified atom stereocenters. The summed E-state index contributed by atoms with van der Waals surface area (Å²) in [7, 11) is 1.43. The van der Waals surface area contributed by atoms with Crippen molar-refractivity contribution >= 4 is 11.5 Å². The normalized spacial score (nSPS) is 11.9. The van der Waals surface area contributed by atoms with Crippen molar-refractivity contribution in [1.29, 1.82) is 0 Å². The summed E-state index contributed by atoms with van der Waals surface area (Å²) in [6.45, 7) is 4.29. The van der Waals surface area contributed by atoms with Gasteiger partial charge in [-0.3, -0.25) is 13.9 Å². The number of terminal acetylenes is 1. The Morgan fingerprint density at radius 2 is 2.05 bits per heavy atom. The van der Waals surface area contributed by atoms with Gasteiger partial charge in [0.2, 0.25) is 0 Å². The molecule has 0 fully saturated rings. The number of hydrogen-bond acceptors (Lipinski definition) is 4. The van der Waals surface area contributed by atoms with Crippen LogP contribution in [0.2, 0.25) is 0 Å². The van der Waals surface area contributed by atoms with E-state index in [1.54, 1.807) is 0 Å². The van der Waals surface area contributed by atoms with Crippen LogP contribution in [0.1, 0.15) is 26.7 Å². The first kappa shape index (κ1) is 14.9. The second-order valence-corrected chi connectivity index (χ2v) is 4.33. The average Bonchev–Trinajstić information content (AvgIpc) is 2.42. The summed E-state index contributed by atoms with van der Waals surface area (Å²) in [4.78, 5) is 24.0. The molecule has 1 atom stereocenters. The second kappa shape index (κ2) is 6.14. The number of nitrogen functional groups attached to an aromatic ring is 1. The van der Waals surface area contributed by atoms with E-state index in [4.69, 9.17) is 12.2 Å². The maximum Gasteiger partial charge on any atom is 0.332 e. The van der Waals surface area contributed by atoms with Crippen molar-refractivity contribution in [2.45, 2.75) is 39.3 Å². The molecule has 104 valence electrons. The van der Waals surface area contributed by atoms with E-state index in [2.05, 4.69) is 11.2 Å². The summed E-state index contributed by atoms with van der Waals surface area (Å²) >= 11 is 0. The van der Waals surface area contributed by atoms with E-state index in [1.165, 1.54) is 11.6 Å². The average molecular weight is 264 g/mol. The lowest BCUT2D eigenvalue weighted by atomic mass is 10.2. The first-order valence-electron chi connectivity index (χ1n) is 6.29. The Balaban J connectivity index is 3.44. The summed E-state index contributed by atoms with van der Waals surface area (Å²) in [5.74, 6) is 2.68. The first-order chi connectivity index (χ1) is 8.97. The van der Waals surface area contributed by atoms with Gasteiger partial charge in [0.05, 0.1) is 6.04 Å². The zero-order valence-corrected chi connectivity index (χ0v) is 11.6. The quantitative estimate of drug-likeness (QED) is 0.752. The smallest absolute Gasteiger partial charge is 0.332 e. The molecule has 0 aliphatic heterocycles. The molecule has 0 spiro atoms. The minimum atomic E-state index is -0.455. The molecule has 1 aromatic heterocycles. The Bertz CT molecular complexity index is 607. The third-order valence-electron chi connectivity index (χ3n) is 2.96. The molecule has 6 nitrogen and oxygen atoms in total. The molecule has 19 heavy (non-hydrogen) atoms. The molecule has 0 aromatic carbocycles. The van der Waals surface area contributed by atoms with Crippen molar-refractivity contribution in [3.8, 4) is 12.3 Å². The van der Waals surface area contributed by atoms with Gasteiger partial charge >= 0.3 is 5.69 Å². The van der Waals surface area contributed by atoms with Crippen molar-refractivity contribution in [1.82, 2.24) is 9.13 Å². The number of aromatic nitrogens is 2. The van der Waals surface area contributed by atoms with E-state index in [0.29, 0.717) is 13.0 Å². The van der Waals surface area contributed by atoms with Crippen molar-refractivity contribution in [2.24, 2.45) is 7.05 Å². The molecule has 0 bridgehead atoms. The number of anilines is 2. The molecular weight excluding hydrogens is 244 g/mol. The molecule has 6 heteroatoms. The van der Waals surface area contributed by atoms with Crippen LogP contribution in [0, 0.1) is 12.3 Å². The number of nitrogens with two attached hydrogens (primary N) is 1. The Hall–Kier alpha value is -2.16. The molecule has 0 amide bonds. The lowest BCUT2D eigenvalue weighted by Crippen LogP contribution is -2.41. The fourth-order valence-electron chi connectivity index (χ4n) is 1.79.